The van der Waals surface area contributed by atoms with Crippen molar-refractivity contribution in [1.82, 2.24) is 14.9 Å². The average molecular weight is 481 g/mol. The Labute approximate surface area is 213 Å². The summed E-state index contributed by atoms with van der Waals surface area (Å²) >= 11 is 5.93. The molecule has 0 amide bonds. The second kappa shape index (κ2) is 9.31. The van der Waals surface area contributed by atoms with Crippen LogP contribution >= 0.6 is 12.2 Å². The highest BCUT2D eigenvalue weighted by atomic mass is 32.1. The van der Waals surface area contributed by atoms with Crippen molar-refractivity contribution >= 4 is 23.0 Å². The number of aromatic nitrogens is 2. The van der Waals surface area contributed by atoms with E-state index >= 15 is 0 Å². The van der Waals surface area contributed by atoms with Gasteiger partial charge < -0.3 is 14.8 Å². The van der Waals surface area contributed by atoms with Gasteiger partial charge in [-0.25, -0.2) is 0 Å². The van der Waals surface area contributed by atoms with Crippen LogP contribution in [-0.2, 0) is 6.42 Å². The van der Waals surface area contributed by atoms with Gasteiger partial charge in [0.05, 0.1) is 17.8 Å². The normalized spacial score (nSPS) is 17.6. The fourth-order valence-corrected chi connectivity index (χ4v) is 5.75. The van der Waals surface area contributed by atoms with Crippen LogP contribution < -0.4 is 10.2 Å². The third kappa shape index (κ3) is 4.25. The van der Waals surface area contributed by atoms with Crippen molar-refractivity contribution in [3.8, 4) is 5.69 Å². The molecule has 2 atom stereocenters. The Morgan fingerprint density at radius 3 is 2.23 bits per heavy atom. The van der Waals surface area contributed by atoms with Gasteiger partial charge in [-0.3, -0.25) is 4.98 Å². The summed E-state index contributed by atoms with van der Waals surface area (Å²) in [4.78, 5) is 6.98. The number of nitrogens with one attached hydrogen (secondary N) is 1. The first-order chi connectivity index (χ1) is 16.9. The molecule has 3 heterocycles. The van der Waals surface area contributed by atoms with Crippen molar-refractivity contribution < 1.29 is 0 Å². The van der Waals surface area contributed by atoms with E-state index in [0.717, 1.165) is 22.9 Å². The van der Waals surface area contributed by atoms with Gasteiger partial charge in [0, 0.05) is 29.0 Å². The molecule has 2 aromatic heterocycles. The van der Waals surface area contributed by atoms with E-state index in [-0.39, 0.29) is 12.1 Å². The summed E-state index contributed by atoms with van der Waals surface area (Å²) in [7, 11) is 0. The molecule has 1 fully saturated rings. The molecule has 1 N–H and O–H groups in total. The number of hydrogen-bond donors (Lipinski definition) is 1. The maximum absolute atomic E-state index is 5.93. The first kappa shape index (κ1) is 23.3. The highest BCUT2D eigenvalue weighted by Gasteiger charge is 2.42. The van der Waals surface area contributed by atoms with Gasteiger partial charge in [-0.2, -0.15) is 0 Å². The van der Waals surface area contributed by atoms with E-state index in [9.17, 15) is 0 Å². The second-order valence-electron chi connectivity index (χ2n) is 9.52. The first-order valence-electron chi connectivity index (χ1n) is 12.2. The van der Waals surface area contributed by atoms with Crippen LogP contribution in [0.4, 0.5) is 5.69 Å². The summed E-state index contributed by atoms with van der Waals surface area (Å²) in [5, 5.41) is 4.32. The summed E-state index contributed by atoms with van der Waals surface area (Å²) in [6.45, 7) is 10.9. The van der Waals surface area contributed by atoms with Crippen molar-refractivity contribution in [2.45, 2.75) is 53.1 Å². The molecular weight excluding hydrogens is 448 g/mol. The first-order valence-corrected chi connectivity index (χ1v) is 12.6. The third-order valence-corrected chi connectivity index (χ3v) is 7.29. The zero-order valence-electron chi connectivity index (χ0n) is 21.0. The molecule has 1 aliphatic rings. The lowest BCUT2D eigenvalue weighted by Gasteiger charge is -2.28. The zero-order chi connectivity index (χ0) is 24.7. The van der Waals surface area contributed by atoms with Crippen LogP contribution in [-0.4, -0.2) is 14.7 Å². The Morgan fingerprint density at radius 2 is 1.60 bits per heavy atom. The highest BCUT2D eigenvalue weighted by molar-refractivity contribution is 7.80. The fraction of sp³-hybridized carbons (Fsp3) is 0.267. The maximum atomic E-state index is 5.93. The molecule has 1 aliphatic heterocycles. The Morgan fingerprint density at radius 1 is 0.886 bits per heavy atom. The molecule has 0 unspecified atom stereocenters. The van der Waals surface area contributed by atoms with Crippen LogP contribution in [0, 0.1) is 27.7 Å². The van der Waals surface area contributed by atoms with Crippen molar-refractivity contribution in [3.05, 3.63) is 112 Å². The van der Waals surface area contributed by atoms with E-state index in [0.29, 0.717) is 0 Å². The van der Waals surface area contributed by atoms with Gasteiger partial charge in [0.15, 0.2) is 5.11 Å². The Bertz CT molecular complexity index is 1350. The van der Waals surface area contributed by atoms with Gasteiger partial charge in [0.2, 0.25) is 0 Å². The summed E-state index contributed by atoms with van der Waals surface area (Å²) in [5.41, 5.74) is 10.8. The largest absolute Gasteiger partial charge is 0.351 e. The monoisotopic (exact) mass is 480 g/mol. The summed E-state index contributed by atoms with van der Waals surface area (Å²) in [6.07, 6.45) is 2.87. The van der Waals surface area contributed by atoms with Crippen molar-refractivity contribution in [3.63, 3.8) is 0 Å². The molecule has 0 radical (unpaired) electrons. The van der Waals surface area contributed by atoms with E-state index in [2.05, 4.69) is 104 Å². The Hall–Kier alpha value is -3.44. The van der Waals surface area contributed by atoms with Gasteiger partial charge in [0.1, 0.15) is 0 Å². The molecule has 0 spiro atoms. The lowest BCUT2D eigenvalue weighted by molar-refractivity contribution is 0.565. The molecule has 35 heavy (non-hydrogen) atoms. The van der Waals surface area contributed by atoms with Crippen molar-refractivity contribution in [1.29, 1.82) is 0 Å². The second-order valence-corrected chi connectivity index (χ2v) is 9.91. The van der Waals surface area contributed by atoms with E-state index in [1.165, 1.54) is 39.3 Å². The molecule has 1 saturated heterocycles. The number of aryl methyl sites for hydroxylation is 4. The Kier molecular flexibility index (Phi) is 6.20. The molecule has 0 bridgehead atoms. The number of nitrogens with zero attached hydrogens (tertiary/aromatic N) is 3. The lowest BCUT2D eigenvalue weighted by atomic mass is 9.96. The number of benzene rings is 2. The molecule has 5 rings (SSSR count). The molecule has 5 heteroatoms. The standard InChI is InChI=1S/C30H32N4S/c1-6-23-10-12-24(13-11-23)34-29(28(32-30(34)35)27-9-7-8-14-31-27)26-18-21(4)33(22(26)5)25-16-19(2)15-20(3)17-25/h7-18,28-29H,6H2,1-5H3,(H,32,35)/t28-,29+/m1/s1. The van der Waals surface area contributed by atoms with E-state index in [1.807, 2.05) is 18.3 Å². The van der Waals surface area contributed by atoms with Gasteiger partial charge >= 0.3 is 0 Å². The van der Waals surface area contributed by atoms with Crippen molar-refractivity contribution in [2.75, 3.05) is 4.90 Å². The molecule has 0 saturated carbocycles. The molecule has 2 aromatic carbocycles. The van der Waals surface area contributed by atoms with Crippen LogP contribution in [0.2, 0.25) is 0 Å². The summed E-state index contributed by atoms with van der Waals surface area (Å²) < 4.78 is 2.37. The molecular formula is C30H32N4S. The lowest BCUT2D eigenvalue weighted by Crippen LogP contribution is -2.29. The van der Waals surface area contributed by atoms with Crippen LogP contribution in [0.15, 0.2) is 72.9 Å². The number of rotatable bonds is 5. The Balaban J connectivity index is 1.67. The van der Waals surface area contributed by atoms with E-state index < -0.39 is 0 Å². The summed E-state index contributed by atoms with van der Waals surface area (Å²) in [5.74, 6) is 0. The third-order valence-electron chi connectivity index (χ3n) is 6.97. The van der Waals surface area contributed by atoms with Crippen LogP contribution in [0.1, 0.15) is 58.3 Å². The van der Waals surface area contributed by atoms with Crippen molar-refractivity contribution in [2.24, 2.45) is 0 Å². The topological polar surface area (TPSA) is 33.1 Å². The maximum Gasteiger partial charge on any atom is 0.174 e. The van der Waals surface area contributed by atoms with Gasteiger partial charge in [-0.1, -0.05) is 31.2 Å². The van der Waals surface area contributed by atoms with Gasteiger partial charge in [0.25, 0.3) is 0 Å². The van der Waals surface area contributed by atoms with E-state index in [4.69, 9.17) is 17.2 Å². The van der Waals surface area contributed by atoms with Crippen LogP contribution in [0.3, 0.4) is 0 Å². The quantitative estimate of drug-likeness (QED) is 0.317. The highest BCUT2D eigenvalue weighted by Crippen LogP contribution is 2.43. The molecule has 178 valence electrons. The molecule has 4 nitrogen and oxygen atoms in total. The van der Waals surface area contributed by atoms with Crippen LogP contribution in [0.5, 0.6) is 0 Å². The molecule has 0 aliphatic carbocycles. The number of pyridine rings is 1. The SMILES string of the molecule is CCc1ccc(N2C(=S)N[C@H](c3ccccn3)[C@@H]2c2cc(C)n(-c3cc(C)cc(C)c3)c2C)cc1. The van der Waals surface area contributed by atoms with E-state index in [1.54, 1.807) is 0 Å². The van der Waals surface area contributed by atoms with Crippen LogP contribution in [0.25, 0.3) is 5.69 Å². The number of hydrogen-bond acceptors (Lipinski definition) is 2. The number of anilines is 1. The minimum Gasteiger partial charge on any atom is -0.351 e. The van der Waals surface area contributed by atoms with Gasteiger partial charge in [-0.05, 0) is 111 Å². The predicted molar refractivity (Wildman–Crippen MR) is 148 cm³/mol. The average Bonchev–Trinajstić information content (AvgIpc) is 3.34. The minimum atomic E-state index is -0.0530. The minimum absolute atomic E-state index is 0.0178. The predicted octanol–water partition coefficient (Wildman–Crippen LogP) is 6.85. The smallest absolute Gasteiger partial charge is 0.174 e. The van der Waals surface area contributed by atoms with Gasteiger partial charge in [-0.15, -0.1) is 0 Å². The fourth-order valence-electron chi connectivity index (χ4n) is 5.41. The molecule has 4 aromatic rings. The number of thiocarbonyl (C=S) groups is 1. The summed E-state index contributed by atoms with van der Waals surface area (Å²) in [6, 6.07) is 23.8. The zero-order valence-corrected chi connectivity index (χ0v) is 21.9.